The Labute approximate surface area is 99.9 Å². The summed E-state index contributed by atoms with van der Waals surface area (Å²) in [5.41, 5.74) is 2.30. The summed E-state index contributed by atoms with van der Waals surface area (Å²) in [6.45, 7) is 5.96. The first-order valence-corrected chi connectivity index (χ1v) is 5.46. The molecule has 1 aromatic rings. The molecular weight excluding hydrogens is 226 g/mol. The van der Waals surface area contributed by atoms with Crippen LogP contribution in [0.5, 0.6) is 0 Å². The molecule has 0 spiro atoms. The molecule has 0 aromatic heterocycles. The fourth-order valence-corrected chi connectivity index (χ4v) is 1.90. The highest BCUT2D eigenvalue weighted by Gasteiger charge is 2.31. The van der Waals surface area contributed by atoms with Crippen LogP contribution in [0.2, 0.25) is 0 Å². The van der Waals surface area contributed by atoms with E-state index in [0.717, 1.165) is 6.07 Å². The molecule has 0 fully saturated rings. The normalized spacial score (nSPS) is 13.8. The van der Waals surface area contributed by atoms with E-state index in [-0.39, 0.29) is 0 Å². The largest absolute Gasteiger partial charge is 0.374 e. The van der Waals surface area contributed by atoms with Crippen molar-refractivity contribution in [1.29, 1.82) is 0 Å². The first kappa shape index (κ1) is 14.0. The van der Waals surface area contributed by atoms with Crippen LogP contribution in [-0.2, 0) is 4.74 Å². The first-order valence-electron chi connectivity index (χ1n) is 5.46. The van der Waals surface area contributed by atoms with Crippen molar-refractivity contribution in [2.45, 2.75) is 32.4 Å². The summed E-state index contributed by atoms with van der Waals surface area (Å²) in [4.78, 5) is 0. The third kappa shape index (κ3) is 3.46. The second kappa shape index (κ2) is 5.53. The zero-order valence-corrected chi connectivity index (χ0v) is 10.3. The van der Waals surface area contributed by atoms with Crippen molar-refractivity contribution < 1.29 is 13.5 Å². The highest BCUT2D eigenvalue weighted by molar-refractivity contribution is 5.23. The summed E-state index contributed by atoms with van der Waals surface area (Å²) < 4.78 is 31.8. The molecule has 1 rings (SSSR count). The van der Waals surface area contributed by atoms with Crippen molar-refractivity contribution in [3.8, 4) is 0 Å². The highest BCUT2D eigenvalue weighted by Crippen LogP contribution is 2.29. The monoisotopic (exact) mass is 244 g/mol. The maximum absolute atomic E-state index is 13.1. The van der Waals surface area contributed by atoms with Crippen molar-refractivity contribution in [3.05, 3.63) is 35.4 Å². The van der Waals surface area contributed by atoms with E-state index in [1.54, 1.807) is 0 Å². The standard InChI is InChI=1S/C12H18F2N2O/c1-4-17-12(2,3)11(16-15)8-5-9(13)7-10(14)6-8/h5-7,11,16H,4,15H2,1-3H3. The predicted octanol–water partition coefficient (Wildman–Crippen LogP) is 2.28. The Morgan fingerprint density at radius 3 is 2.24 bits per heavy atom. The number of nitrogens with one attached hydrogen (secondary N) is 1. The fourth-order valence-electron chi connectivity index (χ4n) is 1.90. The van der Waals surface area contributed by atoms with Gasteiger partial charge in [-0.1, -0.05) is 0 Å². The van der Waals surface area contributed by atoms with Crippen LogP contribution in [0.3, 0.4) is 0 Å². The lowest BCUT2D eigenvalue weighted by Gasteiger charge is -2.34. The molecule has 96 valence electrons. The van der Waals surface area contributed by atoms with Crippen LogP contribution in [0.15, 0.2) is 18.2 Å². The Hall–Kier alpha value is -1.04. The third-order valence-electron chi connectivity index (χ3n) is 2.60. The highest BCUT2D eigenvalue weighted by atomic mass is 19.1. The number of nitrogens with two attached hydrogens (primary N) is 1. The summed E-state index contributed by atoms with van der Waals surface area (Å²) >= 11 is 0. The minimum atomic E-state index is -0.663. The van der Waals surface area contributed by atoms with Gasteiger partial charge < -0.3 is 4.74 Å². The van der Waals surface area contributed by atoms with E-state index < -0.39 is 23.3 Å². The molecule has 0 aliphatic carbocycles. The molecule has 0 bridgehead atoms. The average molecular weight is 244 g/mol. The van der Waals surface area contributed by atoms with Gasteiger partial charge in [0.05, 0.1) is 11.6 Å². The quantitative estimate of drug-likeness (QED) is 0.617. The maximum Gasteiger partial charge on any atom is 0.126 e. The number of halogens is 2. The van der Waals surface area contributed by atoms with Gasteiger partial charge in [-0.3, -0.25) is 11.3 Å². The van der Waals surface area contributed by atoms with Crippen molar-refractivity contribution in [2.24, 2.45) is 5.84 Å². The number of rotatable bonds is 5. The Balaban J connectivity index is 3.08. The van der Waals surface area contributed by atoms with Gasteiger partial charge in [-0.15, -0.1) is 0 Å². The van der Waals surface area contributed by atoms with Gasteiger partial charge >= 0.3 is 0 Å². The summed E-state index contributed by atoms with van der Waals surface area (Å²) in [5, 5.41) is 0. The first-order chi connectivity index (χ1) is 7.90. The predicted molar refractivity (Wildman–Crippen MR) is 62.1 cm³/mol. The summed E-state index contributed by atoms with van der Waals surface area (Å²) in [6.07, 6.45) is 0. The zero-order chi connectivity index (χ0) is 13.1. The van der Waals surface area contributed by atoms with Gasteiger partial charge in [0.15, 0.2) is 0 Å². The molecule has 0 radical (unpaired) electrons. The number of benzene rings is 1. The van der Waals surface area contributed by atoms with Gasteiger partial charge in [0.2, 0.25) is 0 Å². The van der Waals surface area contributed by atoms with Crippen molar-refractivity contribution >= 4 is 0 Å². The second-order valence-corrected chi connectivity index (χ2v) is 4.34. The van der Waals surface area contributed by atoms with Crippen LogP contribution in [0, 0.1) is 11.6 Å². The van der Waals surface area contributed by atoms with Crippen LogP contribution < -0.4 is 11.3 Å². The molecule has 1 unspecified atom stereocenters. The smallest absolute Gasteiger partial charge is 0.126 e. The molecule has 1 aromatic carbocycles. The number of ether oxygens (including phenoxy) is 1. The molecule has 0 heterocycles. The van der Waals surface area contributed by atoms with Crippen LogP contribution in [0.4, 0.5) is 8.78 Å². The number of hydrogen-bond acceptors (Lipinski definition) is 3. The van der Waals surface area contributed by atoms with E-state index in [1.165, 1.54) is 12.1 Å². The van der Waals surface area contributed by atoms with E-state index in [9.17, 15) is 8.78 Å². The molecule has 17 heavy (non-hydrogen) atoms. The molecule has 0 amide bonds. The van der Waals surface area contributed by atoms with Crippen LogP contribution in [0.25, 0.3) is 0 Å². The second-order valence-electron chi connectivity index (χ2n) is 4.34. The van der Waals surface area contributed by atoms with E-state index in [2.05, 4.69) is 5.43 Å². The van der Waals surface area contributed by atoms with E-state index in [1.807, 2.05) is 20.8 Å². The minimum absolute atomic E-state index is 0.420. The average Bonchev–Trinajstić information content (AvgIpc) is 2.15. The lowest BCUT2D eigenvalue weighted by Crippen LogP contribution is -2.44. The van der Waals surface area contributed by atoms with Gasteiger partial charge in [-0.2, -0.15) is 0 Å². The number of hydrazine groups is 1. The fraction of sp³-hybridized carbons (Fsp3) is 0.500. The lowest BCUT2D eigenvalue weighted by molar-refractivity contribution is -0.0393. The van der Waals surface area contributed by atoms with Gasteiger partial charge in [-0.25, -0.2) is 8.78 Å². The SMILES string of the molecule is CCOC(C)(C)C(NN)c1cc(F)cc(F)c1. The summed E-state index contributed by atoms with van der Waals surface area (Å²) in [7, 11) is 0. The van der Waals surface area contributed by atoms with Crippen LogP contribution in [0.1, 0.15) is 32.4 Å². The van der Waals surface area contributed by atoms with Crippen molar-refractivity contribution in [1.82, 2.24) is 5.43 Å². The Bertz CT molecular complexity index is 363. The molecule has 3 N–H and O–H groups in total. The minimum Gasteiger partial charge on any atom is -0.374 e. The molecule has 3 nitrogen and oxygen atoms in total. The van der Waals surface area contributed by atoms with Gasteiger partial charge in [0, 0.05) is 12.7 Å². The Kier molecular flexibility index (Phi) is 4.56. The lowest BCUT2D eigenvalue weighted by atomic mass is 9.92. The Morgan fingerprint density at radius 1 is 1.29 bits per heavy atom. The van der Waals surface area contributed by atoms with Gasteiger partial charge in [-0.05, 0) is 38.5 Å². The van der Waals surface area contributed by atoms with Crippen LogP contribution >= 0.6 is 0 Å². The molecule has 1 atom stereocenters. The Morgan fingerprint density at radius 2 is 1.82 bits per heavy atom. The van der Waals surface area contributed by atoms with E-state index in [0.29, 0.717) is 12.2 Å². The van der Waals surface area contributed by atoms with Gasteiger partial charge in [0.1, 0.15) is 11.6 Å². The summed E-state index contributed by atoms with van der Waals surface area (Å²) in [5.74, 6) is 4.18. The topological polar surface area (TPSA) is 47.3 Å². The number of hydrogen-bond donors (Lipinski definition) is 2. The molecule has 0 saturated carbocycles. The molecular formula is C12H18F2N2O. The molecule has 0 saturated heterocycles. The zero-order valence-electron chi connectivity index (χ0n) is 10.3. The molecule has 0 aliphatic heterocycles. The molecule has 0 aliphatic rings. The van der Waals surface area contributed by atoms with E-state index in [4.69, 9.17) is 10.6 Å². The van der Waals surface area contributed by atoms with Crippen molar-refractivity contribution in [2.75, 3.05) is 6.61 Å². The molecule has 5 heteroatoms. The van der Waals surface area contributed by atoms with Gasteiger partial charge in [0.25, 0.3) is 0 Å². The van der Waals surface area contributed by atoms with Crippen LogP contribution in [-0.4, -0.2) is 12.2 Å². The maximum atomic E-state index is 13.1. The third-order valence-corrected chi connectivity index (χ3v) is 2.60. The van der Waals surface area contributed by atoms with E-state index >= 15 is 0 Å². The van der Waals surface area contributed by atoms with Crippen molar-refractivity contribution in [3.63, 3.8) is 0 Å². The summed E-state index contributed by atoms with van der Waals surface area (Å²) in [6, 6.07) is 2.82.